The molecule has 20 heteroatoms. The van der Waals surface area contributed by atoms with Gasteiger partial charge in [-0.15, -0.1) is 16.0 Å². The Hall–Kier alpha value is -4.63. The Labute approximate surface area is 273 Å². The number of oxime groups is 1. The minimum atomic E-state index is -5.25. The maximum atomic E-state index is 13.3. The topological polar surface area (TPSA) is 247 Å². The number of aryl methyl sites for hydroxylation is 2. The maximum Gasteiger partial charge on any atom is 0.353 e. The molecule has 18 nitrogen and oxygen atoms in total. The number of nitrogens with one attached hydrogen (secondary N) is 1. The lowest BCUT2D eigenvalue weighted by atomic mass is 9.84. The molecular formula is C27H34N8O10S2. The van der Waals surface area contributed by atoms with Crippen LogP contribution in [0.3, 0.4) is 0 Å². The number of amides is 2. The average Bonchev–Trinajstić information content (AvgIpc) is 3.63. The molecule has 3 aromatic rings. The smallest absolute Gasteiger partial charge is 0.353 e. The quantitative estimate of drug-likeness (QED) is 0.0336. The van der Waals surface area contributed by atoms with Crippen LogP contribution < -0.4 is 26.2 Å². The van der Waals surface area contributed by atoms with Gasteiger partial charge in [0.1, 0.15) is 24.1 Å². The van der Waals surface area contributed by atoms with Gasteiger partial charge >= 0.3 is 5.97 Å². The molecule has 0 saturated carbocycles. The second-order valence-corrected chi connectivity index (χ2v) is 12.6. The number of thiazole rings is 1. The molecule has 3 heterocycles. The van der Waals surface area contributed by atoms with Gasteiger partial charge in [0.15, 0.2) is 17.9 Å². The molecule has 0 bridgehead atoms. The molecule has 0 radical (unpaired) electrons. The Morgan fingerprint density at radius 1 is 1.26 bits per heavy atom. The van der Waals surface area contributed by atoms with Crippen molar-refractivity contribution in [2.24, 2.45) is 17.9 Å². The van der Waals surface area contributed by atoms with Crippen molar-refractivity contribution in [3.05, 3.63) is 47.7 Å². The Bertz CT molecular complexity index is 1750. The molecule has 47 heavy (non-hydrogen) atoms. The lowest BCUT2D eigenvalue weighted by Crippen LogP contribution is -2.76. The van der Waals surface area contributed by atoms with Crippen LogP contribution in [0.1, 0.15) is 26.0 Å². The number of nitrogens with zero attached hydrogens (tertiary/aromatic N) is 5. The van der Waals surface area contributed by atoms with Gasteiger partial charge in [-0.05, 0) is 44.5 Å². The number of anilines is 1. The van der Waals surface area contributed by atoms with Crippen molar-refractivity contribution in [3.63, 3.8) is 0 Å². The predicted octanol–water partition coefficient (Wildman–Crippen LogP) is -0.794. The molecule has 1 aliphatic heterocycles. The summed E-state index contributed by atoms with van der Waals surface area (Å²) in [5.74, 6) is -2.45. The van der Waals surface area contributed by atoms with Gasteiger partial charge in [0.05, 0.1) is 31.0 Å². The number of esters is 1. The zero-order chi connectivity index (χ0) is 34.5. The molecule has 2 atom stereocenters. The Balaban J connectivity index is 1.47. The molecule has 1 saturated heterocycles. The van der Waals surface area contributed by atoms with Crippen molar-refractivity contribution >= 4 is 50.4 Å². The van der Waals surface area contributed by atoms with Crippen LogP contribution in [0.2, 0.25) is 0 Å². The molecular weight excluding hydrogens is 660 g/mol. The molecule has 5 N–H and O–H groups in total. The number of ether oxygens (including phenoxy) is 2. The summed E-state index contributed by atoms with van der Waals surface area (Å²) in [6.07, 6.45) is 3.40. The third-order valence-electron chi connectivity index (χ3n) is 7.03. The lowest BCUT2D eigenvalue weighted by molar-refractivity contribution is -0.753. The largest absolute Gasteiger partial charge is 0.724 e. The molecule has 4 rings (SSSR count). The van der Waals surface area contributed by atoms with Crippen molar-refractivity contribution in [1.29, 1.82) is 0 Å². The minimum Gasteiger partial charge on any atom is -0.724 e. The van der Waals surface area contributed by atoms with Crippen LogP contribution in [0, 0.1) is 0 Å². The van der Waals surface area contributed by atoms with E-state index in [1.807, 2.05) is 36.3 Å². The van der Waals surface area contributed by atoms with E-state index in [9.17, 15) is 27.4 Å². The number of methoxy groups -OCH3 is 1. The average molecular weight is 695 g/mol. The number of hydroxylamine groups is 2. The van der Waals surface area contributed by atoms with Crippen molar-refractivity contribution in [2.45, 2.75) is 44.5 Å². The van der Waals surface area contributed by atoms with E-state index in [0.29, 0.717) is 17.4 Å². The molecule has 1 aromatic carbocycles. The van der Waals surface area contributed by atoms with Crippen LogP contribution in [0.5, 0.6) is 5.75 Å². The van der Waals surface area contributed by atoms with E-state index in [2.05, 4.69) is 24.4 Å². The monoisotopic (exact) mass is 694 g/mol. The second-order valence-electron chi connectivity index (χ2n) is 10.7. The van der Waals surface area contributed by atoms with Crippen LogP contribution in [-0.2, 0) is 52.2 Å². The highest BCUT2D eigenvalue weighted by Crippen LogP contribution is 2.33. The van der Waals surface area contributed by atoms with E-state index >= 15 is 0 Å². The van der Waals surface area contributed by atoms with E-state index < -0.39 is 51.6 Å². The van der Waals surface area contributed by atoms with Gasteiger partial charge in [0.25, 0.3) is 17.9 Å². The summed E-state index contributed by atoms with van der Waals surface area (Å²) in [5, 5.41) is 8.03. The Morgan fingerprint density at radius 2 is 1.96 bits per heavy atom. The van der Waals surface area contributed by atoms with E-state index in [1.54, 1.807) is 12.1 Å². The number of carbonyl (C=O) groups is 3. The number of rotatable bonds is 15. The highest BCUT2D eigenvalue weighted by atomic mass is 32.3. The summed E-state index contributed by atoms with van der Waals surface area (Å²) in [6.45, 7) is 3.72. The predicted molar refractivity (Wildman–Crippen MR) is 164 cm³/mol. The van der Waals surface area contributed by atoms with Crippen molar-refractivity contribution < 1.29 is 50.6 Å². The molecule has 254 valence electrons. The van der Waals surface area contributed by atoms with Gasteiger partial charge in [-0.3, -0.25) is 9.59 Å². The molecule has 1 aliphatic rings. The third kappa shape index (κ3) is 8.40. The third-order valence-corrected chi connectivity index (χ3v) is 8.04. The first-order chi connectivity index (χ1) is 22.1. The van der Waals surface area contributed by atoms with Gasteiger partial charge in [-0.2, -0.15) is 14.0 Å². The summed E-state index contributed by atoms with van der Waals surface area (Å²) < 4.78 is 51.8. The van der Waals surface area contributed by atoms with Crippen LogP contribution in [0.15, 0.2) is 47.2 Å². The normalized spacial score (nSPS) is 16.7. The summed E-state index contributed by atoms with van der Waals surface area (Å²) in [7, 11) is -2.19. The van der Waals surface area contributed by atoms with Crippen molar-refractivity contribution in [2.75, 3.05) is 26.0 Å². The number of nitrogen functional groups attached to an aromatic ring is 1. The standard InChI is InChI=1S/C27H34N8O10S2/c1-27(2)22(24(37)35(27)45-47(39,40)41)31-23(36)21(19-15-46-26(29)30-19)32-44-20(25(38)42-4)14-43-18-8-6-16(7-9-18)17-12-33(3)34(13-17)11-5-10-28/h6-9,12-13,15,20,22H,5,10-11,14,28H2,1-4H3,(H3-,29,30,31,36,39,40,41)/b32-21-/t20?,22-/m1/s1. The van der Waals surface area contributed by atoms with E-state index in [0.717, 1.165) is 42.5 Å². The molecule has 1 fully saturated rings. The first-order valence-corrected chi connectivity index (χ1v) is 16.2. The van der Waals surface area contributed by atoms with Crippen LogP contribution in [0.4, 0.5) is 5.13 Å². The van der Waals surface area contributed by atoms with E-state index in [1.165, 1.54) is 19.2 Å². The number of aromatic nitrogens is 3. The fourth-order valence-electron chi connectivity index (χ4n) is 4.51. The van der Waals surface area contributed by atoms with Gasteiger partial charge in [0.2, 0.25) is 16.6 Å². The van der Waals surface area contributed by atoms with Gasteiger partial charge < -0.3 is 35.6 Å². The number of benzene rings is 1. The first-order valence-electron chi connectivity index (χ1n) is 14.0. The highest BCUT2D eigenvalue weighted by Gasteiger charge is 2.57. The molecule has 1 unspecified atom stereocenters. The number of β-lactam (4-membered cyclic amide) rings is 1. The Morgan fingerprint density at radius 3 is 2.53 bits per heavy atom. The summed E-state index contributed by atoms with van der Waals surface area (Å²) in [6, 6.07) is 5.79. The van der Waals surface area contributed by atoms with E-state index in [4.69, 9.17) is 25.8 Å². The SMILES string of the molecule is COC(=O)C(COc1ccc(-c2cn(CCCN)[n+](C)c2)cc1)O/N=C(\C(=O)N[C@@H]1C(=O)N(OS(=O)(=O)[O-])C1(C)C)c1csc(N)n1. The molecule has 2 amide bonds. The molecule has 0 aliphatic carbocycles. The number of carbonyl (C=O) groups excluding carboxylic acids is 3. The zero-order valence-electron chi connectivity index (χ0n) is 25.8. The number of hydrogen-bond donors (Lipinski definition) is 3. The first kappa shape index (κ1) is 35.2. The molecule has 0 spiro atoms. The Kier molecular flexibility index (Phi) is 10.8. The van der Waals surface area contributed by atoms with Crippen molar-refractivity contribution in [3.8, 4) is 16.9 Å². The van der Waals surface area contributed by atoms with Crippen LogP contribution >= 0.6 is 11.3 Å². The maximum absolute atomic E-state index is 13.3. The fraction of sp³-hybridized carbons (Fsp3) is 0.407. The fourth-order valence-corrected chi connectivity index (χ4v) is 5.50. The molecule has 2 aromatic heterocycles. The second kappa shape index (κ2) is 14.4. The summed E-state index contributed by atoms with van der Waals surface area (Å²) in [5.41, 5.74) is 11.3. The summed E-state index contributed by atoms with van der Waals surface area (Å²) in [4.78, 5) is 47.8. The van der Waals surface area contributed by atoms with Crippen molar-refractivity contribution in [1.82, 2.24) is 20.0 Å². The van der Waals surface area contributed by atoms with Crippen LogP contribution in [-0.4, -0.2) is 89.1 Å². The van der Waals surface area contributed by atoms with Gasteiger partial charge in [0, 0.05) is 5.38 Å². The highest BCUT2D eigenvalue weighted by molar-refractivity contribution is 7.80. The zero-order valence-corrected chi connectivity index (χ0v) is 27.4. The number of hydrogen-bond acceptors (Lipinski definition) is 15. The van der Waals surface area contributed by atoms with E-state index in [-0.39, 0.29) is 17.4 Å². The van der Waals surface area contributed by atoms with Crippen LogP contribution in [0.25, 0.3) is 11.1 Å². The minimum absolute atomic E-state index is 0.0461. The number of nitrogens with two attached hydrogens (primary N) is 2. The lowest BCUT2D eigenvalue weighted by Gasteiger charge is -2.51. The summed E-state index contributed by atoms with van der Waals surface area (Å²) >= 11 is 0.983. The van der Waals surface area contributed by atoms with Gasteiger partial charge in [-0.1, -0.05) is 17.3 Å². The van der Waals surface area contributed by atoms with Gasteiger partial charge in [-0.25, -0.2) is 18.2 Å².